The maximum absolute atomic E-state index is 11.8. The molecular formula is C16H23NO4. The van der Waals surface area contributed by atoms with E-state index in [-0.39, 0.29) is 25.5 Å². The Morgan fingerprint density at radius 3 is 2.33 bits per heavy atom. The van der Waals surface area contributed by atoms with Crippen molar-refractivity contribution in [1.82, 2.24) is 4.90 Å². The van der Waals surface area contributed by atoms with Crippen LogP contribution in [0.5, 0.6) is 5.75 Å². The van der Waals surface area contributed by atoms with Crippen molar-refractivity contribution in [2.24, 2.45) is 0 Å². The van der Waals surface area contributed by atoms with Gasteiger partial charge in [-0.15, -0.1) is 0 Å². The number of hydrogen-bond acceptors (Lipinski definition) is 4. The van der Waals surface area contributed by atoms with Gasteiger partial charge in [0.05, 0.1) is 19.6 Å². The number of carbonyl (C=O) groups excluding carboxylic acids is 2. The molecule has 0 aliphatic carbocycles. The van der Waals surface area contributed by atoms with Crippen LogP contribution in [0.2, 0.25) is 0 Å². The van der Waals surface area contributed by atoms with Gasteiger partial charge >= 0.3 is 5.97 Å². The summed E-state index contributed by atoms with van der Waals surface area (Å²) in [6, 6.07) is 5.92. The summed E-state index contributed by atoms with van der Waals surface area (Å²) in [4.78, 5) is 24.5. The maximum Gasteiger partial charge on any atom is 0.325 e. The van der Waals surface area contributed by atoms with Gasteiger partial charge < -0.3 is 14.4 Å². The number of amides is 1. The smallest absolute Gasteiger partial charge is 0.325 e. The molecule has 0 saturated carbocycles. The molecule has 0 fully saturated rings. The first-order valence-corrected chi connectivity index (χ1v) is 7.03. The molecule has 0 spiro atoms. The van der Waals surface area contributed by atoms with Crippen LogP contribution >= 0.6 is 0 Å². The molecular weight excluding hydrogens is 270 g/mol. The summed E-state index contributed by atoms with van der Waals surface area (Å²) >= 11 is 0. The molecule has 1 rings (SSSR count). The molecule has 21 heavy (non-hydrogen) atoms. The SMILES string of the molecule is CCOC(=O)CN(C)C(=O)CCOc1cc(C)cc(C)c1. The molecule has 1 amide bonds. The number of rotatable bonds is 7. The molecule has 0 unspecified atom stereocenters. The third kappa shape index (κ3) is 6.29. The minimum Gasteiger partial charge on any atom is -0.493 e. The average molecular weight is 293 g/mol. The van der Waals surface area contributed by atoms with Gasteiger partial charge in [-0.05, 0) is 44.0 Å². The second-order valence-electron chi connectivity index (χ2n) is 4.98. The van der Waals surface area contributed by atoms with Crippen LogP contribution in [0.15, 0.2) is 18.2 Å². The molecule has 5 heteroatoms. The van der Waals surface area contributed by atoms with Gasteiger partial charge in [0, 0.05) is 7.05 Å². The zero-order chi connectivity index (χ0) is 15.8. The predicted molar refractivity (Wildman–Crippen MR) is 80.3 cm³/mol. The van der Waals surface area contributed by atoms with Gasteiger partial charge in [-0.2, -0.15) is 0 Å². The second-order valence-corrected chi connectivity index (χ2v) is 4.98. The molecule has 0 atom stereocenters. The molecule has 0 aliphatic heterocycles. The average Bonchev–Trinajstić information content (AvgIpc) is 2.37. The minimum absolute atomic E-state index is 0.0315. The van der Waals surface area contributed by atoms with Crippen molar-refractivity contribution in [2.75, 3.05) is 26.8 Å². The van der Waals surface area contributed by atoms with Crippen LogP contribution in [0.25, 0.3) is 0 Å². The number of esters is 1. The first-order valence-electron chi connectivity index (χ1n) is 7.03. The number of ether oxygens (including phenoxy) is 2. The molecule has 1 aromatic rings. The van der Waals surface area contributed by atoms with E-state index in [1.807, 2.05) is 26.0 Å². The predicted octanol–water partition coefficient (Wildman–Crippen LogP) is 2.09. The molecule has 0 heterocycles. The summed E-state index contributed by atoms with van der Waals surface area (Å²) in [7, 11) is 1.58. The van der Waals surface area contributed by atoms with E-state index >= 15 is 0 Å². The number of likely N-dealkylation sites (N-methyl/N-ethyl adjacent to an activating group) is 1. The van der Waals surface area contributed by atoms with Crippen LogP contribution < -0.4 is 4.74 Å². The van der Waals surface area contributed by atoms with Crippen LogP contribution in [0.1, 0.15) is 24.5 Å². The summed E-state index contributed by atoms with van der Waals surface area (Å²) in [6.07, 6.45) is 0.225. The maximum atomic E-state index is 11.8. The lowest BCUT2D eigenvalue weighted by atomic mass is 10.1. The number of nitrogens with zero attached hydrogens (tertiary/aromatic N) is 1. The third-order valence-corrected chi connectivity index (χ3v) is 2.88. The monoisotopic (exact) mass is 293 g/mol. The first-order chi connectivity index (χ1) is 9.92. The molecule has 1 aromatic carbocycles. The Morgan fingerprint density at radius 2 is 1.76 bits per heavy atom. The normalized spacial score (nSPS) is 10.1. The van der Waals surface area contributed by atoms with E-state index in [0.717, 1.165) is 16.9 Å². The molecule has 0 saturated heterocycles. The van der Waals surface area contributed by atoms with Gasteiger partial charge in [0.25, 0.3) is 0 Å². The topological polar surface area (TPSA) is 55.8 Å². The van der Waals surface area contributed by atoms with Gasteiger partial charge in [-0.1, -0.05) is 6.07 Å². The fourth-order valence-corrected chi connectivity index (χ4v) is 1.95. The highest BCUT2D eigenvalue weighted by atomic mass is 16.5. The molecule has 5 nitrogen and oxygen atoms in total. The van der Waals surface area contributed by atoms with Crippen molar-refractivity contribution < 1.29 is 19.1 Å². The Bertz CT molecular complexity index is 479. The fourth-order valence-electron chi connectivity index (χ4n) is 1.95. The number of aryl methyl sites for hydroxylation is 2. The highest BCUT2D eigenvalue weighted by Gasteiger charge is 2.13. The summed E-state index contributed by atoms with van der Waals surface area (Å²) < 4.78 is 10.4. The largest absolute Gasteiger partial charge is 0.493 e. The standard InChI is InChI=1S/C16H23NO4/c1-5-20-16(19)11-17(4)15(18)6-7-21-14-9-12(2)8-13(3)10-14/h8-10H,5-7,11H2,1-4H3. The van der Waals surface area contributed by atoms with Crippen molar-refractivity contribution in [3.8, 4) is 5.75 Å². The second kappa shape index (κ2) is 8.29. The highest BCUT2D eigenvalue weighted by Crippen LogP contribution is 2.16. The van der Waals surface area contributed by atoms with E-state index in [4.69, 9.17) is 9.47 Å². The van der Waals surface area contributed by atoms with Crippen LogP contribution in [0.3, 0.4) is 0 Å². The summed E-state index contributed by atoms with van der Waals surface area (Å²) in [5.74, 6) is 0.212. The van der Waals surface area contributed by atoms with E-state index in [9.17, 15) is 9.59 Å². The molecule has 0 N–H and O–H groups in total. The molecule has 0 aromatic heterocycles. The zero-order valence-electron chi connectivity index (χ0n) is 13.1. The first kappa shape index (κ1) is 17.0. The number of carbonyl (C=O) groups is 2. The number of benzene rings is 1. The summed E-state index contributed by atoms with van der Waals surface area (Å²) in [6.45, 7) is 6.30. The van der Waals surface area contributed by atoms with Gasteiger partial charge in [0.2, 0.25) is 5.91 Å². The van der Waals surface area contributed by atoms with E-state index in [2.05, 4.69) is 6.07 Å². The van der Waals surface area contributed by atoms with E-state index in [1.165, 1.54) is 4.90 Å². The van der Waals surface area contributed by atoms with E-state index < -0.39 is 5.97 Å². The lowest BCUT2D eigenvalue weighted by Crippen LogP contribution is -2.33. The lowest BCUT2D eigenvalue weighted by Gasteiger charge is -2.16. The molecule has 116 valence electrons. The van der Waals surface area contributed by atoms with Crippen LogP contribution in [0.4, 0.5) is 0 Å². The third-order valence-electron chi connectivity index (χ3n) is 2.88. The van der Waals surface area contributed by atoms with Crippen LogP contribution in [-0.2, 0) is 14.3 Å². The Morgan fingerprint density at radius 1 is 1.14 bits per heavy atom. The Kier molecular flexibility index (Phi) is 6.72. The van der Waals surface area contributed by atoms with Crippen molar-refractivity contribution in [3.63, 3.8) is 0 Å². The Labute approximate surface area is 125 Å². The van der Waals surface area contributed by atoms with Crippen molar-refractivity contribution in [1.29, 1.82) is 0 Å². The van der Waals surface area contributed by atoms with Crippen LogP contribution in [0, 0.1) is 13.8 Å². The zero-order valence-corrected chi connectivity index (χ0v) is 13.1. The lowest BCUT2D eigenvalue weighted by molar-refractivity contribution is -0.148. The quantitative estimate of drug-likeness (QED) is 0.722. The summed E-state index contributed by atoms with van der Waals surface area (Å²) in [5.41, 5.74) is 2.24. The van der Waals surface area contributed by atoms with Crippen molar-refractivity contribution in [2.45, 2.75) is 27.2 Å². The molecule has 0 aliphatic rings. The fraction of sp³-hybridized carbons (Fsp3) is 0.500. The summed E-state index contributed by atoms with van der Waals surface area (Å²) in [5, 5.41) is 0. The van der Waals surface area contributed by atoms with Crippen LogP contribution in [-0.4, -0.2) is 43.6 Å². The van der Waals surface area contributed by atoms with E-state index in [0.29, 0.717) is 6.61 Å². The van der Waals surface area contributed by atoms with Crippen molar-refractivity contribution in [3.05, 3.63) is 29.3 Å². The van der Waals surface area contributed by atoms with Gasteiger partial charge in [-0.3, -0.25) is 9.59 Å². The van der Waals surface area contributed by atoms with E-state index in [1.54, 1.807) is 14.0 Å². The van der Waals surface area contributed by atoms with Gasteiger partial charge in [0.1, 0.15) is 12.3 Å². The van der Waals surface area contributed by atoms with Gasteiger partial charge in [0.15, 0.2) is 0 Å². The number of hydrogen-bond donors (Lipinski definition) is 0. The van der Waals surface area contributed by atoms with Crippen molar-refractivity contribution >= 4 is 11.9 Å². The Balaban J connectivity index is 2.37. The highest BCUT2D eigenvalue weighted by molar-refractivity contribution is 5.81. The molecule has 0 bridgehead atoms. The minimum atomic E-state index is -0.399. The molecule has 0 radical (unpaired) electrons. The van der Waals surface area contributed by atoms with Gasteiger partial charge in [-0.25, -0.2) is 0 Å². The Hall–Kier alpha value is -2.04.